The zero-order chi connectivity index (χ0) is 17.2. The van der Waals surface area contributed by atoms with Crippen molar-refractivity contribution >= 4 is 17.6 Å². The summed E-state index contributed by atoms with van der Waals surface area (Å²) >= 11 is 0. The molecule has 2 heterocycles. The number of anilines is 1. The van der Waals surface area contributed by atoms with E-state index >= 15 is 0 Å². The van der Waals surface area contributed by atoms with Gasteiger partial charge < -0.3 is 20.3 Å². The molecule has 3 fully saturated rings. The van der Waals surface area contributed by atoms with Gasteiger partial charge in [-0.3, -0.25) is 4.79 Å². The fourth-order valence-corrected chi connectivity index (χ4v) is 4.19. The van der Waals surface area contributed by atoms with Crippen LogP contribution in [0, 0.1) is 5.92 Å². The third-order valence-electron chi connectivity index (χ3n) is 5.51. The highest BCUT2D eigenvalue weighted by molar-refractivity contribution is 5.93. The lowest BCUT2D eigenvalue weighted by atomic mass is 9.99. The number of fused-ring (bicyclic) bond motifs is 2. The second kappa shape index (κ2) is 7.04. The Kier molecular flexibility index (Phi) is 4.61. The van der Waals surface area contributed by atoms with Crippen molar-refractivity contribution in [3.05, 3.63) is 30.3 Å². The second-order valence-corrected chi connectivity index (χ2v) is 7.33. The number of carbonyl (C=O) groups excluding carboxylic acids is 2. The first-order valence-corrected chi connectivity index (χ1v) is 9.26. The molecule has 0 radical (unpaired) electrons. The quantitative estimate of drug-likeness (QED) is 0.885. The van der Waals surface area contributed by atoms with E-state index in [-0.39, 0.29) is 30.1 Å². The van der Waals surface area contributed by atoms with Crippen molar-refractivity contribution < 1.29 is 14.3 Å². The monoisotopic (exact) mass is 343 g/mol. The highest BCUT2D eigenvalue weighted by Gasteiger charge is 2.46. The smallest absolute Gasteiger partial charge is 0.317 e. The van der Waals surface area contributed by atoms with Crippen LogP contribution in [-0.2, 0) is 9.53 Å². The lowest BCUT2D eigenvalue weighted by molar-refractivity contribution is -0.122. The van der Waals surface area contributed by atoms with E-state index in [1.54, 1.807) is 0 Å². The second-order valence-electron chi connectivity index (χ2n) is 7.33. The van der Waals surface area contributed by atoms with E-state index in [0.29, 0.717) is 25.6 Å². The Morgan fingerprint density at radius 3 is 2.60 bits per heavy atom. The minimum Gasteiger partial charge on any atom is -0.370 e. The maximum atomic E-state index is 12.6. The van der Waals surface area contributed by atoms with Gasteiger partial charge in [0.1, 0.15) is 0 Å². The minimum atomic E-state index is -0.211. The van der Waals surface area contributed by atoms with Gasteiger partial charge in [-0.25, -0.2) is 4.79 Å². The van der Waals surface area contributed by atoms with Gasteiger partial charge >= 0.3 is 6.03 Å². The number of urea groups is 1. The van der Waals surface area contributed by atoms with Gasteiger partial charge in [0.15, 0.2) is 0 Å². The Morgan fingerprint density at radius 2 is 1.84 bits per heavy atom. The molecule has 0 spiro atoms. The van der Waals surface area contributed by atoms with Gasteiger partial charge in [-0.15, -0.1) is 0 Å². The van der Waals surface area contributed by atoms with E-state index in [2.05, 4.69) is 10.6 Å². The summed E-state index contributed by atoms with van der Waals surface area (Å²) in [6.45, 7) is 1.06. The summed E-state index contributed by atoms with van der Waals surface area (Å²) in [5.41, 5.74) is 0.796. The summed E-state index contributed by atoms with van der Waals surface area (Å²) in [7, 11) is 0. The number of morpholine rings is 1. The largest absolute Gasteiger partial charge is 0.370 e. The number of rotatable bonds is 3. The summed E-state index contributed by atoms with van der Waals surface area (Å²) in [6, 6.07) is 9.77. The molecule has 3 aliphatic rings. The maximum Gasteiger partial charge on any atom is 0.317 e. The van der Waals surface area contributed by atoms with Crippen molar-refractivity contribution in [1.29, 1.82) is 0 Å². The van der Waals surface area contributed by atoms with Crippen molar-refractivity contribution in [2.24, 2.45) is 5.92 Å². The van der Waals surface area contributed by atoms with E-state index < -0.39 is 0 Å². The zero-order valence-electron chi connectivity index (χ0n) is 14.3. The average molecular weight is 343 g/mol. The summed E-state index contributed by atoms with van der Waals surface area (Å²) in [4.78, 5) is 26.9. The molecule has 2 N–H and O–H groups in total. The molecule has 3 amide bonds. The van der Waals surface area contributed by atoms with Gasteiger partial charge in [-0.2, -0.15) is 0 Å². The third kappa shape index (κ3) is 3.63. The SMILES string of the molecule is O=C(Nc1ccccc1)[C@H]1C[C@@H]2CN(C(=O)NC3CCCC3)C[C@H]1O2. The molecular weight excluding hydrogens is 318 g/mol. The number of hydrogen-bond donors (Lipinski definition) is 2. The molecule has 6 nitrogen and oxygen atoms in total. The molecule has 1 saturated carbocycles. The summed E-state index contributed by atoms with van der Waals surface area (Å²) in [5.74, 6) is -0.216. The Balaban J connectivity index is 1.35. The normalized spacial score (nSPS) is 28.8. The fourth-order valence-electron chi connectivity index (χ4n) is 4.19. The van der Waals surface area contributed by atoms with Gasteiger partial charge in [0.2, 0.25) is 5.91 Å². The molecule has 1 aromatic rings. The number of nitrogens with zero attached hydrogens (tertiary/aromatic N) is 1. The van der Waals surface area contributed by atoms with Crippen LogP contribution in [0.5, 0.6) is 0 Å². The number of benzene rings is 1. The number of carbonyl (C=O) groups is 2. The summed E-state index contributed by atoms with van der Waals surface area (Å²) < 4.78 is 5.94. The molecule has 3 atom stereocenters. The van der Waals surface area contributed by atoms with Crippen LogP contribution in [-0.4, -0.2) is 48.2 Å². The first-order valence-electron chi connectivity index (χ1n) is 9.26. The van der Waals surface area contributed by atoms with E-state index in [1.165, 1.54) is 12.8 Å². The zero-order valence-corrected chi connectivity index (χ0v) is 14.3. The first-order chi connectivity index (χ1) is 12.2. The molecule has 0 aromatic heterocycles. The Labute approximate surface area is 147 Å². The van der Waals surface area contributed by atoms with Crippen molar-refractivity contribution in [1.82, 2.24) is 10.2 Å². The van der Waals surface area contributed by atoms with Crippen molar-refractivity contribution in [2.45, 2.75) is 50.4 Å². The van der Waals surface area contributed by atoms with Crippen LogP contribution >= 0.6 is 0 Å². The molecule has 25 heavy (non-hydrogen) atoms. The van der Waals surface area contributed by atoms with Crippen molar-refractivity contribution in [3.8, 4) is 0 Å². The lowest BCUT2D eigenvalue weighted by Gasteiger charge is -2.33. The van der Waals surface area contributed by atoms with Crippen LogP contribution in [0.2, 0.25) is 0 Å². The Morgan fingerprint density at radius 1 is 1.08 bits per heavy atom. The summed E-state index contributed by atoms with van der Waals surface area (Å²) in [6.07, 6.45) is 4.96. The number of para-hydroxylation sites is 1. The summed E-state index contributed by atoms with van der Waals surface area (Å²) in [5, 5.41) is 6.09. The number of amides is 3. The number of nitrogens with one attached hydrogen (secondary N) is 2. The third-order valence-corrected chi connectivity index (χ3v) is 5.51. The number of likely N-dealkylation sites (tertiary alicyclic amines) is 1. The van der Waals surface area contributed by atoms with E-state index in [4.69, 9.17) is 4.74 Å². The highest BCUT2D eigenvalue weighted by Crippen LogP contribution is 2.33. The van der Waals surface area contributed by atoms with E-state index in [1.807, 2.05) is 35.2 Å². The van der Waals surface area contributed by atoms with Crippen LogP contribution in [0.3, 0.4) is 0 Å². The van der Waals surface area contributed by atoms with Gasteiger partial charge in [-0.05, 0) is 31.4 Å². The minimum absolute atomic E-state index is 0.00526. The van der Waals surface area contributed by atoms with Crippen LogP contribution < -0.4 is 10.6 Å². The van der Waals surface area contributed by atoms with Crippen LogP contribution in [0.4, 0.5) is 10.5 Å². The van der Waals surface area contributed by atoms with Gasteiger partial charge in [-0.1, -0.05) is 31.0 Å². The molecule has 1 aliphatic carbocycles. The van der Waals surface area contributed by atoms with Gasteiger partial charge in [0.05, 0.1) is 18.1 Å². The molecule has 134 valence electrons. The lowest BCUT2D eigenvalue weighted by Crippen LogP contribution is -2.52. The van der Waals surface area contributed by atoms with Gasteiger partial charge in [0, 0.05) is 24.8 Å². The topological polar surface area (TPSA) is 70.7 Å². The molecule has 0 unspecified atom stereocenters. The van der Waals surface area contributed by atoms with Crippen molar-refractivity contribution in [3.63, 3.8) is 0 Å². The van der Waals surface area contributed by atoms with Gasteiger partial charge in [0.25, 0.3) is 0 Å². The maximum absolute atomic E-state index is 12.6. The molecular formula is C19H25N3O3. The Hall–Kier alpha value is -2.08. The molecule has 1 aromatic carbocycles. The van der Waals surface area contributed by atoms with Crippen molar-refractivity contribution in [2.75, 3.05) is 18.4 Å². The molecule has 4 rings (SSSR count). The van der Waals surface area contributed by atoms with Crippen LogP contribution in [0.25, 0.3) is 0 Å². The fraction of sp³-hybridized carbons (Fsp3) is 0.579. The first kappa shape index (κ1) is 16.4. The van der Waals surface area contributed by atoms with Crippen LogP contribution in [0.15, 0.2) is 30.3 Å². The van der Waals surface area contributed by atoms with E-state index in [9.17, 15) is 9.59 Å². The van der Waals surface area contributed by atoms with E-state index in [0.717, 1.165) is 18.5 Å². The standard InChI is InChI=1S/C19H25N3O3/c23-18(20-13-6-2-1-3-7-13)16-10-15-11-22(12-17(16)25-15)19(24)21-14-8-4-5-9-14/h1-3,6-7,14-17H,4-5,8-12H2,(H,20,23)(H,21,24)/t15-,16+,17-/m1/s1. The molecule has 2 bridgehead atoms. The van der Waals surface area contributed by atoms with Crippen LogP contribution in [0.1, 0.15) is 32.1 Å². The highest BCUT2D eigenvalue weighted by atomic mass is 16.5. The average Bonchev–Trinajstić information content (AvgIpc) is 3.23. The molecule has 2 aliphatic heterocycles. The molecule has 2 saturated heterocycles. The predicted octanol–water partition coefficient (Wildman–Crippen LogP) is 2.37. The number of ether oxygens (including phenoxy) is 1. The Bertz CT molecular complexity index is 630. The molecule has 6 heteroatoms. The number of hydrogen-bond acceptors (Lipinski definition) is 3. The predicted molar refractivity (Wildman–Crippen MR) is 94.2 cm³/mol.